The maximum absolute atomic E-state index is 13.5. The SMILES string of the molecule is FC(F)(F)c1cc(C(NC(=S)Nc2ccc(N3NC=CS3)cc2)c2ccccc2)cc(C(F)(F)F)c1. The summed E-state index contributed by atoms with van der Waals surface area (Å²) in [6.45, 7) is 0. The molecule has 4 rings (SSSR count). The Bertz CT molecular complexity index is 1200. The van der Waals surface area contributed by atoms with Crippen LogP contribution in [0.2, 0.25) is 0 Å². The summed E-state index contributed by atoms with van der Waals surface area (Å²) in [5.74, 6) is 0. The zero-order chi connectivity index (χ0) is 25.9. The fourth-order valence-corrected chi connectivity index (χ4v) is 4.33. The molecule has 3 aromatic rings. The fourth-order valence-electron chi connectivity index (χ4n) is 3.48. The number of benzene rings is 3. The van der Waals surface area contributed by atoms with Gasteiger partial charge in [-0.25, -0.2) is 4.41 Å². The molecule has 1 aliphatic heterocycles. The number of halogens is 6. The van der Waals surface area contributed by atoms with Crippen LogP contribution in [-0.4, -0.2) is 5.11 Å². The van der Waals surface area contributed by atoms with E-state index in [0.717, 1.165) is 5.69 Å². The summed E-state index contributed by atoms with van der Waals surface area (Å²) in [5, 5.41) is 7.70. The first-order valence-electron chi connectivity index (χ1n) is 10.4. The molecule has 0 aromatic heterocycles. The molecule has 188 valence electrons. The Balaban J connectivity index is 1.62. The molecule has 1 unspecified atom stereocenters. The fraction of sp³-hybridized carbons (Fsp3) is 0.125. The van der Waals surface area contributed by atoms with E-state index in [0.29, 0.717) is 23.4 Å². The molecule has 0 amide bonds. The van der Waals surface area contributed by atoms with Crippen LogP contribution in [0.15, 0.2) is 84.4 Å². The van der Waals surface area contributed by atoms with Crippen LogP contribution in [0, 0.1) is 0 Å². The Morgan fingerprint density at radius 3 is 1.97 bits per heavy atom. The van der Waals surface area contributed by atoms with Gasteiger partial charge in [0.25, 0.3) is 0 Å². The van der Waals surface area contributed by atoms with Gasteiger partial charge in [-0.2, -0.15) is 26.3 Å². The van der Waals surface area contributed by atoms with Crippen molar-refractivity contribution < 1.29 is 26.3 Å². The predicted molar refractivity (Wildman–Crippen MR) is 133 cm³/mol. The minimum atomic E-state index is -4.96. The number of hydrogen-bond donors (Lipinski definition) is 3. The van der Waals surface area contributed by atoms with Crippen molar-refractivity contribution in [3.05, 3.63) is 107 Å². The summed E-state index contributed by atoms with van der Waals surface area (Å²) in [5.41, 5.74) is 1.89. The number of anilines is 2. The highest BCUT2D eigenvalue weighted by Gasteiger charge is 2.37. The lowest BCUT2D eigenvalue weighted by Crippen LogP contribution is -2.33. The Labute approximate surface area is 212 Å². The second-order valence-electron chi connectivity index (χ2n) is 7.66. The van der Waals surface area contributed by atoms with Gasteiger partial charge in [-0.05, 0) is 65.8 Å². The second-order valence-corrected chi connectivity index (χ2v) is 8.92. The summed E-state index contributed by atoms with van der Waals surface area (Å²) >= 11 is 6.81. The second kappa shape index (κ2) is 10.3. The summed E-state index contributed by atoms with van der Waals surface area (Å²) in [4.78, 5) is 0. The third kappa shape index (κ3) is 6.24. The number of nitrogens with zero attached hydrogens (tertiary/aromatic N) is 1. The third-order valence-electron chi connectivity index (χ3n) is 5.14. The first-order valence-corrected chi connectivity index (χ1v) is 11.7. The van der Waals surface area contributed by atoms with Gasteiger partial charge in [0.1, 0.15) is 0 Å². The molecule has 36 heavy (non-hydrogen) atoms. The number of thiocarbonyl (C=S) groups is 1. The number of hydrazine groups is 1. The molecule has 0 bridgehead atoms. The smallest absolute Gasteiger partial charge is 0.352 e. The van der Waals surface area contributed by atoms with E-state index in [1.807, 2.05) is 22.0 Å². The molecule has 0 aliphatic carbocycles. The number of hydrogen-bond acceptors (Lipinski definition) is 4. The lowest BCUT2D eigenvalue weighted by molar-refractivity contribution is -0.143. The molecule has 3 N–H and O–H groups in total. The zero-order valence-electron chi connectivity index (χ0n) is 18.2. The van der Waals surface area contributed by atoms with Gasteiger partial charge in [-0.3, -0.25) is 5.43 Å². The van der Waals surface area contributed by atoms with Crippen molar-refractivity contribution in [3.8, 4) is 0 Å². The molecule has 0 saturated carbocycles. The maximum Gasteiger partial charge on any atom is 0.416 e. The van der Waals surface area contributed by atoms with Crippen molar-refractivity contribution in [2.75, 3.05) is 9.73 Å². The standard InChI is InChI=1S/C24H18F6N4S2/c25-23(26,27)17-12-16(13-18(14-17)24(28,29)30)21(15-4-2-1-3-5-15)33-22(35)32-19-6-8-20(9-7-19)34-31-10-11-36-34/h1-14,21,31H,(H2,32,33,35). The monoisotopic (exact) mass is 540 g/mol. The molecule has 0 saturated heterocycles. The van der Waals surface area contributed by atoms with E-state index in [4.69, 9.17) is 12.2 Å². The van der Waals surface area contributed by atoms with Crippen LogP contribution in [0.1, 0.15) is 28.3 Å². The molecule has 1 heterocycles. The molecular formula is C24H18F6N4S2. The van der Waals surface area contributed by atoms with Crippen molar-refractivity contribution in [2.45, 2.75) is 18.4 Å². The van der Waals surface area contributed by atoms with Gasteiger partial charge in [-0.15, -0.1) is 0 Å². The van der Waals surface area contributed by atoms with Crippen LogP contribution in [-0.2, 0) is 12.4 Å². The Kier molecular flexibility index (Phi) is 7.36. The summed E-state index contributed by atoms with van der Waals surface area (Å²) in [6, 6.07) is 15.7. The van der Waals surface area contributed by atoms with Gasteiger partial charge < -0.3 is 10.6 Å². The van der Waals surface area contributed by atoms with Crippen LogP contribution < -0.4 is 20.5 Å². The molecule has 4 nitrogen and oxygen atoms in total. The molecule has 0 radical (unpaired) electrons. The maximum atomic E-state index is 13.5. The van der Waals surface area contributed by atoms with E-state index in [1.54, 1.807) is 48.7 Å². The van der Waals surface area contributed by atoms with Gasteiger partial charge in [0, 0.05) is 29.2 Å². The number of alkyl halides is 6. The van der Waals surface area contributed by atoms with Crippen molar-refractivity contribution in [3.63, 3.8) is 0 Å². The van der Waals surface area contributed by atoms with E-state index in [9.17, 15) is 26.3 Å². The lowest BCUT2D eigenvalue weighted by atomic mass is 9.94. The van der Waals surface area contributed by atoms with Crippen molar-refractivity contribution >= 4 is 40.7 Å². The molecule has 3 aromatic carbocycles. The highest BCUT2D eigenvalue weighted by atomic mass is 32.2. The Morgan fingerprint density at radius 1 is 0.833 bits per heavy atom. The number of rotatable bonds is 5. The average molecular weight is 541 g/mol. The van der Waals surface area contributed by atoms with Crippen molar-refractivity contribution in [2.24, 2.45) is 0 Å². The normalized spacial score (nSPS) is 14.3. The highest BCUT2D eigenvalue weighted by Crippen LogP contribution is 2.38. The summed E-state index contributed by atoms with van der Waals surface area (Å²) in [6.07, 6.45) is -8.15. The molecule has 1 aliphatic rings. The van der Waals surface area contributed by atoms with Gasteiger partial charge in [0.15, 0.2) is 5.11 Å². The predicted octanol–water partition coefficient (Wildman–Crippen LogP) is 7.24. The number of nitrogens with one attached hydrogen (secondary N) is 3. The molecule has 0 fully saturated rings. The first-order chi connectivity index (χ1) is 17.0. The largest absolute Gasteiger partial charge is 0.416 e. The van der Waals surface area contributed by atoms with Crippen molar-refractivity contribution in [1.29, 1.82) is 0 Å². The molecular weight excluding hydrogens is 522 g/mol. The minimum absolute atomic E-state index is 0.0258. The van der Waals surface area contributed by atoms with E-state index in [-0.39, 0.29) is 16.7 Å². The van der Waals surface area contributed by atoms with E-state index >= 15 is 0 Å². The van der Waals surface area contributed by atoms with Crippen LogP contribution >= 0.6 is 24.2 Å². The highest BCUT2D eigenvalue weighted by molar-refractivity contribution is 8.03. The summed E-state index contributed by atoms with van der Waals surface area (Å²) < 4.78 is 82.6. The molecule has 1 atom stereocenters. The zero-order valence-corrected chi connectivity index (χ0v) is 19.8. The van der Waals surface area contributed by atoms with E-state index in [1.165, 1.54) is 11.9 Å². The average Bonchev–Trinajstić information content (AvgIpc) is 3.37. The topological polar surface area (TPSA) is 39.3 Å². The first kappa shape index (κ1) is 25.7. The van der Waals surface area contributed by atoms with E-state index < -0.39 is 29.5 Å². The molecule has 0 spiro atoms. The third-order valence-corrected chi connectivity index (χ3v) is 6.14. The van der Waals surface area contributed by atoms with Crippen LogP contribution in [0.5, 0.6) is 0 Å². The van der Waals surface area contributed by atoms with Crippen LogP contribution in [0.25, 0.3) is 0 Å². The van der Waals surface area contributed by atoms with Crippen LogP contribution in [0.4, 0.5) is 37.7 Å². The van der Waals surface area contributed by atoms with E-state index in [2.05, 4.69) is 16.1 Å². The van der Waals surface area contributed by atoms with Gasteiger partial charge in [-0.1, -0.05) is 30.3 Å². The Morgan fingerprint density at radius 2 is 1.44 bits per heavy atom. The van der Waals surface area contributed by atoms with Crippen LogP contribution in [0.3, 0.4) is 0 Å². The van der Waals surface area contributed by atoms with Crippen molar-refractivity contribution in [1.82, 2.24) is 10.7 Å². The Hall–Kier alpha value is -3.38. The summed E-state index contributed by atoms with van der Waals surface area (Å²) in [7, 11) is 0. The van der Waals surface area contributed by atoms with Gasteiger partial charge >= 0.3 is 12.4 Å². The lowest BCUT2D eigenvalue weighted by Gasteiger charge is -2.24. The quantitative estimate of drug-likeness (QED) is 0.180. The van der Waals surface area contributed by atoms with Gasteiger partial charge in [0.2, 0.25) is 0 Å². The minimum Gasteiger partial charge on any atom is -0.352 e. The molecule has 12 heteroatoms. The van der Waals surface area contributed by atoms with Gasteiger partial charge in [0.05, 0.1) is 22.9 Å².